The number of piperidine rings is 1. The summed E-state index contributed by atoms with van der Waals surface area (Å²) in [5.41, 5.74) is -0.942. The third kappa shape index (κ3) is 11.2. The Morgan fingerprint density at radius 2 is 1.68 bits per heavy atom. The molecule has 1 aliphatic carbocycles. The van der Waals surface area contributed by atoms with Gasteiger partial charge in [0, 0.05) is 43.6 Å². The number of halogens is 3. The molecular weight excluding hydrogens is 778 g/mol. The predicted octanol–water partition coefficient (Wildman–Crippen LogP) is 3.76. The van der Waals surface area contributed by atoms with Crippen LogP contribution >= 0.6 is 15.9 Å². The molecule has 0 bridgehead atoms. The lowest BCUT2D eigenvalue weighted by Gasteiger charge is -2.39. The summed E-state index contributed by atoms with van der Waals surface area (Å²) < 4.78 is 59.1. The fraction of sp³-hybridized carbons (Fsp3) is 0.722. The topological polar surface area (TPSA) is 166 Å². The summed E-state index contributed by atoms with van der Waals surface area (Å²) in [5.74, 6) is -1.79. The Labute approximate surface area is 321 Å². The fourth-order valence-electron chi connectivity index (χ4n) is 6.94. The van der Waals surface area contributed by atoms with Gasteiger partial charge >= 0.3 is 6.03 Å². The number of benzene rings is 1. The monoisotopic (exact) mass is 834 g/mol. The molecular formula is C36H57BrF2N6O7S. The summed E-state index contributed by atoms with van der Waals surface area (Å²) in [7, 11) is -0.611. The molecule has 0 unspecified atom stereocenters. The van der Waals surface area contributed by atoms with Crippen LogP contribution in [-0.4, -0.2) is 112 Å². The first-order chi connectivity index (χ1) is 24.2. The molecule has 2 aliphatic rings. The molecule has 3 rings (SSSR count). The second-order valence-electron chi connectivity index (χ2n) is 17.0. The quantitative estimate of drug-likeness (QED) is 0.209. The highest BCUT2D eigenvalue weighted by molar-refractivity contribution is 9.10. The van der Waals surface area contributed by atoms with Crippen molar-refractivity contribution in [2.24, 2.45) is 28.1 Å². The van der Waals surface area contributed by atoms with Crippen molar-refractivity contribution >= 4 is 49.7 Å². The average molecular weight is 836 g/mol. The van der Waals surface area contributed by atoms with Crippen molar-refractivity contribution in [3.05, 3.63) is 28.2 Å². The van der Waals surface area contributed by atoms with Gasteiger partial charge in [-0.2, -0.15) is 0 Å². The summed E-state index contributed by atoms with van der Waals surface area (Å²) in [6.45, 7) is 15.1. The molecule has 17 heteroatoms. The molecule has 1 aromatic rings. The van der Waals surface area contributed by atoms with Crippen molar-refractivity contribution in [3.8, 4) is 5.75 Å². The molecule has 0 spiro atoms. The third-order valence-electron chi connectivity index (χ3n) is 10.5. The van der Waals surface area contributed by atoms with Gasteiger partial charge in [-0.25, -0.2) is 26.3 Å². The van der Waals surface area contributed by atoms with Crippen LogP contribution in [0.3, 0.4) is 0 Å². The van der Waals surface area contributed by atoms with Crippen LogP contribution in [0.4, 0.5) is 13.6 Å². The van der Waals surface area contributed by atoms with Crippen molar-refractivity contribution in [1.82, 2.24) is 30.5 Å². The first-order valence-corrected chi connectivity index (χ1v) is 20.3. The number of ether oxygens (including phenoxy) is 1. The molecule has 13 nitrogen and oxygen atoms in total. The Kier molecular flexibility index (Phi) is 14.0. The number of fused-ring (bicyclic) bond motifs is 1. The van der Waals surface area contributed by atoms with Crippen LogP contribution in [-0.2, 0) is 30.8 Å². The summed E-state index contributed by atoms with van der Waals surface area (Å²) in [6.07, 6.45) is -2.41. The summed E-state index contributed by atoms with van der Waals surface area (Å²) >= 11 is 3.40. The molecule has 1 saturated carbocycles. The zero-order chi connectivity index (χ0) is 40.4. The molecule has 5 amide bonds. The highest BCUT2D eigenvalue weighted by atomic mass is 79.9. The van der Waals surface area contributed by atoms with Gasteiger partial charge in [-0.3, -0.25) is 14.4 Å². The van der Waals surface area contributed by atoms with E-state index < -0.39 is 81.6 Å². The van der Waals surface area contributed by atoms with Crippen LogP contribution in [0, 0.1) is 28.1 Å². The van der Waals surface area contributed by atoms with E-state index in [1.54, 1.807) is 32.9 Å². The number of alkyl halides is 2. The first kappa shape index (κ1) is 44.3. The van der Waals surface area contributed by atoms with Crippen LogP contribution in [0.15, 0.2) is 22.7 Å². The van der Waals surface area contributed by atoms with Gasteiger partial charge in [0.05, 0.1) is 13.4 Å². The van der Waals surface area contributed by atoms with E-state index in [4.69, 9.17) is 4.74 Å². The van der Waals surface area contributed by atoms with Crippen molar-refractivity contribution in [3.63, 3.8) is 0 Å². The number of sulfonamides is 1. The number of hydrogen-bond acceptors (Lipinski definition) is 7. The van der Waals surface area contributed by atoms with Gasteiger partial charge in [-0.05, 0) is 58.3 Å². The molecule has 2 fully saturated rings. The van der Waals surface area contributed by atoms with Gasteiger partial charge in [-0.1, -0.05) is 71.3 Å². The first-order valence-electron chi connectivity index (χ1n) is 17.7. The Morgan fingerprint density at radius 3 is 2.21 bits per heavy atom. The summed E-state index contributed by atoms with van der Waals surface area (Å²) in [4.78, 5) is 56.5. The lowest BCUT2D eigenvalue weighted by atomic mass is 9.85. The largest absolute Gasteiger partial charge is 0.496 e. The number of methoxy groups -OCH3 is 1. The maximum atomic E-state index is 14.4. The molecule has 0 radical (unpaired) electrons. The van der Waals surface area contributed by atoms with Gasteiger partial charge in [0.1, 0.15) is 23.9 Å². The van der Waals surface area contributed by atoms with Crippen molar-refractivity contribution in [1.29, 1.82) is 0 Å². The zero-order valence-electron chi connectivity index (χ0n) is 32.6. The van der Waals surface area contributed by atoms with E-state index in [0.717, 1.165) is 20.6 Å². The maximum Gasteiger partial charge on any atom is 0.315 e. The van der Waals surface area contributed by atoms with Gasteiger partial charge in [0.15, 0.2) is 0 Å². The van der Waals surface area contributed by atoms with E-state index in [1.165, 1.54) is 19.1 Å². The second kappa shape index (κ2) is 16.8. The van der Waals surface area contributed by atoms with Crippen LogP contribution in [0.2, 0.25) is 0 Å². The number of rotatable bonds is 15. The predicted molar refractivity (Wildman–Crippen MR) is 202 cm³/mol. The summed E-state index contributed by atoms with van der Waals surface area (Å²) in [6, 6.07) is 0.310. The van der Waals surface area contributed by atoms with Crippen molar-refractivity contribution < 1.29 is 41.1 Å². The lowest BCUT2D eigenvalue weighted by Crippen LogP contribution is -2.62. The minimum atomic E-state index is -3.54. The third-order valence-corrected chi connectivity index (χ3v) is 12.3. The number of hydrogen-bond donors (Lipinski definition) is 4. The van der Waals surface area contributed by atoms with Crippen LogP contribution in [0.1, 0.15) is 67.4 Å². The smallest absolute Gasteiger partial charge is 0.315 e. The number of amides is 5. The van der Waals surface area contributed by atoms with Crippen LogP contribution in [0.25, 0.3) is 0 Å². The van der Waals surface area contributed by atoms with Gasteiger partial charge in [-0.15, -0.1) is 0 Å². The van der Waals surface area contributed by atoms with E-state index in [2.05, 4.69) is 37.2 Å². The number of carbonyl (C=O) groups excluding carboxylic acids is 4. The zero-order valence-corrected chi connectivity index (χ0v) is 35.0. The van der Waals surface area contributed by atoms with E-state index in [9.17, 15) is 36.4 Å². The lowest BCUT2D eigenvalue weighted by molar-refractivity contribution is -0.144. The number of likely N-dealkylation sites (N-methyl/N-ethyl adjacent to an activating group) is 1. The SMILES string of the molecule is COc1ccc(Br)cc1CCNC(=O)[C@H](CC(F)F)NC(=O)[C@@H]1[C@@H]2[C@H](CN1C(=O)[C@@H](NC(=O)N[C@H](CN(C)S(C)(=O)=O)C(C)(C)C)C(C)(C)C)C2(C)C. The Hall–Kier alpha value is -3.05. The van der Waals surface area contributed by atoms with E-state index >= 15 is 0 Å². The molecule has 1 heterocycles. The molecule has 0 aromatic heterocycles. The van der Waals surface area contributed by atoms with Crippen molar-refractivity contribution in [2.75, 3.05) is 40.0 Å². The molecule has 1 aromatic carbocycles. The highest BCUT2D eigenvalue weighted by Crippen LogP contribution is 2.65. The number of likely N-dealkylation sites (tertiary alicyclic amines) is 1. The van der Waals surface area contributed by atoms with Crippen LogP contribution < -0.4 is 26.0 Å². The molecule has 6 atom stereocenters. The molecule has 53 heavy (non-hydrogen) atoms. The number of nitrogens with zero attached hydrogens (tertiary/aromatic N) is 2. The number of carbonyl (C=O) groups is 4. The number of nitrogens with one attached hydrogen (secondary N) is 4. The minimum Gasteiger partial charge on any atom is -0.496 e. The maximum absolute atomic E-state index is 14.4. The van der Waals surface area contributed by atoms with Crippen molar-refractivity contribution in [2.45, 2.75) is 98.8 Å². The Bertz CT molecular complexity index is 1630. The normalized spacial score (nSPS) is 21.4. The second-order valence-corrected chi connectivity index (χ2v) is 20.0. The van der Waals surface area contributed by atoms with E-state index in [0.29, 0.717) is 12.2 Å². The molecule has 4 N–H and O–H groups in total. The molecule has 300 valence electrons. The highest BCUT2D eigenvalue weighted by Gasteiger charge is 2.70. The van der Waals surface area contributed by atoms with Crippen LogP contribution in [0.5, 0.6) is 5.75 Å². The molecule has 1 aliphatic heterocycles. The number of urea groups is 1. The summed E-state index contributed by atoms with van der Waals surface area (Å²) in [5, 5.41) is 10.8. The van der Waals surface area contributed by atoms with Gasteiger partial charge in [0.2, 0.25) is 34.2 Å². The molecule has 1 saturated heterocycles. The van der Waals surface area contributed by atoms with Gasteiger partial charge < -0.3 is 30.9 Å². The van der Waals surface area contributed by atoms with E-state index in [-0.39, 0.29) is 36.9 Å². The minimum absolute atomic E-state index is 0.0116. The average Bonchev–Trinajstić information content (AvgIpc) is 3.32. The standard InChI is InChI=1S/C36H57BrF2N6O7S/c1-34(2,3)25(19-44(9)53(11,50)51)42-33(49)43-29(35(4,5)6)32(48)45-18-22-27(36(22,7)8)28(45)31(47)41-23(17-26(38)39)30(46)40-15-14-20-16-21(37)12-13-24(20)52-10/h12-13,16,22-23,25-29H,14-15,17-19H2,1-11H3,(H,40,46)(H,41,47)(H2,42,43,49)/t22-,23-,25+,27-,28-,29+/m0/s1. The Balaban J connectivity index is 1.80. The van der Waals surface area contributed by atoms with E-state index in [1.807, 2.05) is 40.7 Å². The fourth-order valence-corrected chi connectivity index (χ4v) is 7.77. The van der Waals surface area contributed by atoms with Gasteiger partial charge in [0.25, 0.3) is 0 Å². The Morgan fingerprint density at radius 1 is 1.06 bits per heavy atom.